The predicted molar refractivity (Wildman–Crippen MR) is 89.1 cm³/mol. The van der Waals surface area contributed by atoms with Crippen molar-refractivity contribution in [3.63, 3.8) is 0 Å². The molecule has 6 nitrogen and oxygen atoms in total. The van der Waals surface area contributed by atoms with Crippen LogP contribution in [-0.2, 0) is 9.53 Å². The number of ether oxygens (including phenoxy) is 1. The number of nitrogens with zero attached hydrogens (tertiary/aromatic N) is 3. The van der Waals surface area contributed by atoms with Crippen molar-refractivity contribution >= 4 is 11.9 Å². The molecule has 0 aliphatic carbocycles. The molecule has 0 aromatic heterocycles. The van der Waals surface area contributed by atoms with Crippen LogP contribution in [0.25, 0.3) is 0 Å². The first-order valence-corrected chi connectivity index (χ1v) is 8.36. The van der Waals surface area contributed by atoms with Gasteiger partial charge in [0.2, 0.25) is 5.91 Å². The smallest absolute Gasteiger partial charge is 0.320 e. The van der Waals surface area contributed by atoms with Crippen molar-refractivity contribution in [3.05, 3.63) is 12.7 Å². The van der Waals surface area contributed by atoms with Crippen molar-refractivity contribution in [2.24, 2.45) is 5.92 Å². The Morgan fingerprint density at radius 3 is 2.43 bits per heavy atom. The van der Waals surface area contributed by atoms with E-state index in [2.05, 4.69) is 20.4 Å². The number of likely N-dealkylation sites (tertiary alicyclic amines) is 1. The van der Waals surface area contributed by atoms with Gasteiger partial charge in [-0.25, -0.2) is 4.79 Å². The van der Waals surface area contributed by atoms with E-state index in [9.17, 15) is 9.59 Å². The number of piperazine rings is 1. The van der Waals surface area contributed by atoms with E-state index in [1.54, 1.807) is 12.0 Å². The molecule has 130 valence electrons. The lowest BCUT2D eigenvalue weighted by molar-refractivity contribution is -0.129. The molecule has 0 aromatic rings. The zero-order chi connectivity index (χ0) is 17.2. The summed E-state index contributed by atoms with van der Waals surface area (Å²) in [4.78, 5) is 30.1. The molecule has 2 aliphatic rings. The maximum absolute atomic E-state index is 12.8. The Balaban J connectivity index is 1.98. The molecule has 0 radical (unpaired) electrons. The fraction of sp³-hybridized carbons (Fsp3) is 0.765. The van der Waals surface area contributed by atoms with Crippen LogP contribution < -0.4 is 0 Å². The second kappa shape index (κ2) is 6.91. The Morgan fingerprint density at radius 2 is 1.96 bits per heavy atom. The first-order chi connectivity index (χ1) is 10.8. The zero-order valence-corrected chi connectivity index (χ0v) is 14.7. The van der Waals surface area contributed by atoms with Crippen LogP contribution in [0.2, 0.25) is 0 Å². The Kier molecular flexibility index (Phi) is 5.34. The van der Waals surface area contributed by atoms with Gasteiger partial charge in [-0.3, -0.25) is 4.79 Å². The number of urea groups is 1. The van der Waals surface area contributed by atoms with E-state index in [0.29, 0.717) is 32.1 Å². The summed E-state index contributed by atoms with van der Waals surface area (Å²) >= 11 is 0. The molecular weight excluding hydrogens is 294 g/mol. The van der Waals surface area contributed by atoms with Gasteiger partial charge in [-0.2, -0.15) is 0 Å². The van der Waals surface area contributed by atoms with Crippen LogP contribution in [0.5, 0.6) is 0 Å². The summed E-state index contributed by atoms with van der Waals surface area (Å²) in [5.74, 6) is 0.301. The molecule has 0 bridgehead atoms. The lowest BCUT2D eigenvalue weighted by atomic mass is 9.89. The van der Waals surface area contributed by atoms with Gasteiger partial charge < -0.3 is 19.4 Å². The lowest BCUT2D eigenvalue weighted by Gasteiger charge is -2.41. The molecule has 2 fully saturated rings. The molecule has 0 spiro atoms. The normalized spacial score (nSPS) is 28.4. The minimum absolute atomic E-state index is 0.0121. The largest absolute Gasteiger partial charge is 0.376 e. The minimum Gasteiger partial charge on any atom is -0.376 e. The molecular formula is C17H29N3O3. The van der Waals surface area contributed by atoms with Crippen LogP contribution in [0.3, 0.4) is 0 Å². The van der Waals surface area contributed by atoms with Gasteiger partial charge in [0.1, 0.15) is 0 Å². The standard InChI is InChI=1S/C17H29N3O3/c1-6-15(21)20-10-9-18(11-14(20)4)16(22)19-8-7-17(12-19,23-5)13(2)3/h6,13-14H,1,7-12H2,2-5H3. The second-order valence-corrected chi connectivity index (χ2v) is 6.91. The number of rotatable bonds is 3. The fourth-order valence-electron chi connectivity index (χ4n) is 3.62. The SMILES string of the molecule is C=CC(=O)N1CCN(C(=O)N2CCC(OC)(C(C)C)C2)CC1C. The topological polar surface area (TPSA) is 53.1 Å². The first kappa shape index (κ1) is 17.8. The molecule has 0 N–H and O–H groups in total. The third-order valence-corrected chi connectivity index (χ3v) is 5.35. The van der Waals surface area contributed by atoms with Crippen LogP contribution in [0.15, 0.2) is 12.7 Å². The summed E-state index contributed by atoms with van der Waals surface area (Å²) in [5.41, 5.74) is -0.234. The van der Waals surface area contributed by atoms with Gasteiger partial charge in [-0.1, -0.05) is 20.4 Å². The summed E-state index contributed by atoms with van der Waals surface area (Å²) in [6.45, 7) is 12.8. The van der Waals surface area contributed by atoms with Gasteiger partial charge >= 0.3 is 6.03 Å². The molecule has 2 rings (SSSR count). The Labute approximate surface area is 139 Å². The molecule has 2 aliphatic heterocycles. The first-order valence-electron chi connectivity index (χ1n) is 8.36. The Hall–Kier alpha value is -1.56. The number of methoxy groups -OCH3 is 1. The van der Waals surface area contributed by atoms with Crippen LogP contribution in [0.4, 0.5) is 4.79 Å². The maximum Gasteiger partial charge on any atom is 0.320 e. The van der Waals surface area contributed by atoms with Crippen molar-refractivity contribution in [2.75, 3.05) is 39.8 Å². The zero-order valence-electron chi connectivity index (χ0n) is 14.7. The lowest BCUT2D eigenvalue weighted by Crippen LogP contribution is -2.57. The highest BCUT2D eigenvalue weighted by Crippen LogP contribution is 2.32. The fourth-order valence-corrected chi connectivity index (χ4v) is 3.62. The van der Waals surface area contributed by atoms with Gasteiger partial charge in [0.05, 0.1) is 12.1 Å². The highest BCUT2D eigenvalue weighted by Gasteiger charge is 2.44. The van der Waals surface area contributed by atoms with Crippen molar-refractivity contribution in [2.45, 2.75) is 38.8 Å². The quantitative estimate of drug-likeness (QED) is 0.741. The average Bonchev–Trinajstić information content (AvgIpc) is 2.99. The van der Waals surface area contributed by atoms with E-state index in [1.165, 1.54) is 6.08 Å². The van der Waals surface area contributed by atoms with E-state index in [0.717, 1.165) is 13.0 Å². The van der Waals surface area contributed by atoms with Gasteiger partial charge in [0.15, 0.2) is 0 Å². The molecule has 0 aromatic carbocycles. The highest BCUT2D eigenvalue weighted by atomic mass is 16.5. The van der Waals surface area contributed by atoms with E-state index in [-0.39, 0.29) is 23.6 Å². The number of carbonyl (C=O) groups is 2. The monoisotopic (exact) mass is 323 g/mol. The van der Waals surface area contributed by atoms with Gasteiger partial charge in [0.25, 0.3) is 0 Å². The van der Waals surface area contributed by atoms with Gasteiger partial charge in [-0.05, 0) is 25.3 Å². The van der Waals surface area contributed by atoms with Crippen molar-refractivity contribution < 1.29 is 14.3 Å². The number of hydrogen-bond donors (Lipinski definition) is 0. The Morgan fingerprint density at radius 1 is 1.26 bits per heavy atom. The Bertz CT molecular complexity index is 480. The number of hydrogen-bond acceptors (Lipinski definition) is 3. The third kappa shape index (κ3) is 3.37. The minimum atomic E-state index is -0.234. The summed E-state index contributed by atoms with van der Waals surface area (Å²) in [7, 11) is 1.73. The van der Waals surface area contributed by atoms with Crippen molar-refractivity contribution in [3.8, 4) is 0 Å². The molecule has 6 heteroatoms. The summed E-state index contributed by atoms with van der Waals surface area (Å²) < 4.78 is 5.74. The van der Waals surface area contributed by atoms with Crippen LogP contribution in [0, 0.1) is 5.92 Å². The summed E-state index contributed by atoms with van der Waals surface area (Å²) in [5, 5.41) is 0. The predicted octanol–water partition coefficient (Wildman–Crippen LogP) is 1.57. The van der Waals surface area contributed by atoms with E-state index >= 15 is 0 Å². The number of carbonyl (C=O) groups excluding carboxylic acids is 2. The van der Waals surface area contributed by atoms with E-state index in [4.69, 9.17) is 4.74 Å². The van der Waals surface area contributed by atoms with Crippen molar-refractivity contribution in [1.82, 2.24) is 14.7 Å². The molecule has 3 amide bonds. The third-order valence-electron chi connectivity index (χ3n) is 5.35. The average molecular weight is 323 g/mol. The van der Waals surface area contributed by atoms with Crippen LogP contribution in [0.1, 0.15) is 27.2 Å². The summed E-state index contributed by atoms with van der Waals surface area (Å²) in [6.07, 6.45) is 2.21. The number of amides is 3. The molecule has 2 heterocycles. The van der Waals surface area contributed by atoms with Gasteiger partial charge in [-0.15, -0.1) is 0 Å². The second-order valence-electron chi connectivity index (χ2n) is 6.91. The maximum atomic E-state index is 12.8. The van der Waals surface area contributed by atoms with Crippen LogP contribution >= 0.6 is 0 Å². The van der Waals surface area contributed by atoms with E-state index in [1.807, 2.05) is 16.7 Å². The molecule has 2 saturated heterocycles. The molecule has 0 saturated carbocycles. The molecule has 2 unspecified atom stereocenters. The summed E-state index contributed by atoms with van der Waals surface area (Å²) in [6, 6.07) is 0.0696. The van der Waals surface area contributed by atoms with E-state index < -0.39 is 0 Å². The van der Waals surface area contributed by atoms with Crippen LogP contribution in [-0.4, -0.2) is 78.1 Å². The van der Waals surface area contributed by atoms with Crippen molar-refractivity contribution in [1.29, 1.82) is 0 Å². The molecule has 2 atom stereocenters. The highest BCUT2D eigenvalue weighted by molar-refractivity contribution is 5.87. The van der Waals surface area contributed by atoms with Gasteiger partial charge in [0, 0.05) is 39.3 Å². The molecule has 23 heavy (non-hydrogen) atoms.